The zero-order valence-corrected chi connectivity index (χ0v) is 13.9. The largest absolute Gasteiger partial charge is 0.426 e. The average molecular weight is 363 g/mol. The highest BCUT2D eigenvalue weighted by Crippen LogP contribution is 2.44. The van der Waals surface area contributed by atoms with Crippen molar-refractivity contribution >= 4 is 44.2 Å². The smallest absolute Gasteiger partial charge is 0.381 e. The number of aromatic nitrogens is 1. The summed E-state index contributed by atoms with van der Waals surface area (Å²) in [7, 11) is 1.99. The lowest BCUT2D eigenvalue weighted by Crippen LogP contribution is -2.58. The van der Waals surface area contributed by atoms with Crippen LogP contribution in [0.3, 0.4) is 0 Å². The Labute approximate surface area is 137 Å². The number of quaternary nitrogens is 1. The van der Waals surface area contributed by atoms with Crippen LogP contribution in [0.5, 0.6) is 0 Å². The van der Waals surface area contributed by atoms with Gasteiger partial charge in [0, 0.05) is 22.7 Å². The maximum Gasteiger partial charge on any atom is 0.426 e. The molecule has 2 aliphatic rings. The van der Waals surface area contributed by atoms with E-state index in [0.29, 0.717) is 13.2 Å². The van der Waals surface area contributed by atoms with Gasteiger partial charge in [0.2, 0.25) is 0 Å². The Morgan fingerprint density at radius 1 is 1.36 bits per heavy atom. The summed E-state index contributed by atoms with van der Waals surface area (Å²) in [6.45, 7) is 1.43. The van der Waals surface area contributed by atoms with Gasteiger partial charge in [0.25, 0.3) is 0 Å². The predicted molar refractivity (Wildman–Crippen MR) is 90.0 cm³/mol. The lowest BCUT2D eigenvalue weighted by atomic mass is 10.0. The Kier molecular flexibility index (Phi) is 3.21. The number of halogens is 1. The summed E-state index contributed by atoms with van der Waals surface area (Å²) in [5.41, 5.74) is 2.75. The molecule has 6 heteroatoms. The van der Waals surface area contributed by atoms with Crippen molar-refractivity contribution < 1.29 is 9.53 Å². The van der Waals surface area contributed by atoms with Crippen molar-refractivity contribution in [2.45, 2.75) is 18.9 Å². The van der Waals surface area contributed by atoms with E-state index in [9.17, 15) is 4.79 Å². The first-order valence-electron chi connectivity index (χ1n) is 7.45. The molecule has 0 bridgehead atoms. The van der Waals surface area contributed by atoms with E-state index < -0.39 is 0 Å². The van der Waals surface area contributed by atoms with Crippen molar-refractivity contribution in [1.29, 1.82) is 0 Å². The maximum absolute atomic E-state index is 12.8. The topological polar surface area (TPSA) is 51.2 Å². The van der Waals surface area contributed by atoms with E-state index in [1.54, 1.807) is 0 Å². The number of hydrogen-bond acceptors (Lipinski definition) is 3. The molecule has 2 amide bonds. The van der Waals surface area contributed by atoms with E-state index in [4.69, 9.17) is 4.74 Å². The third kappa shape index (κ3) is 1.91. The second-order valence-corrected chi connectivity index (χ2v) is 6.94. The third-order valence-corrected chi connectivity index (χ3v) is 5.38. The third-order valence-electron chi connectivity index (χ3n) is 4.89. The predicted octanol–water partition coefficient (Wildman–Crippen LogP) is 3.66. The molecular weight excluding hydrogens is 346 g/mol. The lowest BCUT2D eigenvalue weighted by molar-refractivity contribution is 0.0566. The molecular formula is C16H17BrN3O2+. The first-order valence-corrected chi connectivity index (χ1v) is 8.24. The number of carbonyl (C=O) groups excluding carboxylic acids is 1. The zero-order valence-electron chi connectivity index (χ0n) is 12.3. The Morgan fingerprint density at radius 3 is 2.91 bits per heavy atom. The van der Waals surface area contributed by atoms with E-state index in [0.717, 1.165) is 39.6 Å². The molecule has 0 radical (unpaired) electrons. The van der Waals surface area contributed by atoms with Gasteiger partial charge < -0.3 is 4.74 Å². The van der Waals surface area contributed by atoms with Crippen LogP contribution in [-0.4, -0.2) is 37.3 Å². The molecule has 0 aliphatic carbocycles. The molecule has 0 spiro atoms. The normalized spacial score (nSPS) is 25.3. The van der Waals surface area contributed by atoms with Gasteiger partial charge in [-0.1, -0.05) is 15.9 Å². The van der Waals surface area contributed by atoms with Crippen molar-refractivity contribution in [3.05, 3.63) is 28.9 Å². The van der Waals surface area contributed by atoms with Crippen molar-refractivity contribution in [3.63, 3.8) is 0 Å². The first-order chi connectivity index (χ1) is 10.6. The molecule has 1 N–H and O–H groups in total. The summed E-state index contributed by atoms with van der Waals surface area (Å²) >= 11 is 3.50. The fourth-order valence-electron chi connectivity index (χ4n) is 3.53. The van der Waals surface area contributed by atoms with Crippen LogP contribution in [0.1, 0.15) is 12.8 Å². The molecule has 1 saturated heterocycles. The Balaban J connectivity index is 1.90. The number of amides is 2. The van der Waals surface area contributed by atoms with Gasteiger partial charge in [0.1, 0.15) is 11.7 Å². The molecule has 2 aromatic rings. The lowest BCUT2D eigenvalue weighted by Gasteiger charge is -2.36. The number of pyridine rings is 1. The molecule has 1 atom stereocenters. The van der Waals surface area contributed by atoms with Crippen LogP contribution in [0.15, 0.2) is 28.9 Å². The van der Waals surface area contributed by atoms with Crippen LogP contribution >= 0.6 is 15.9 Å². The van der Waals surface area contributed by atoms with Crippen molar-refractivity contribution in [1.82, 2.24) is 9.47 Å². The standard InChI is InChI=1S/C16H16BrN3O2/c1-20(11-4-6-22-7-5-11)14-9-18-13-3-2-10(17)8-12(13)15(14)19-16(20)21/h2-3,8-9,11H,4-7H2,1H3/p+1. The summed E-state index contributed by atoms with van der Waals surface area (Å²) in [6.07, 6.45) is 3.62. The molecule has 4 rings (SSSR count). The molecule has 0 saturated carbocycles. The quantitative estimate of drug-likeness (QED) is 0.787. The number of carbonyl (C=O) groups is 1. The number of ether oxygens (including phenoxy) is 1. The minimum atomic E-state index is 0.0242. The van der Waals surface area contributed by atoms with E-state index in [1.807, 2.05) is 31.4 Å². The van der Waals surface area contributed by atoms with Crippen LogP contribution < -0.4 is 9.80 Å². The van der Waals surface area contributed by atoms with Crippen molar-refractivity contribution in [2.24, 2.45) is 0 Å². The van der Waals surface area contributed by atoms with Crippen LogP contribution in [0.25, 0.3) is 10.9 Å². The highest BCUT2D eigenvalue weighted by atomic mass is 79.9. The zero-order chi connectivity index (χ0) is 15.3. The van der Waals surface area contributed by atoms with Gasteiger partial charge >= 0.3 is 6.03 Å². The molecule has 22 heavy (non-hydrogen) atoms. The monoisotopic (exact) mass is 362 g/mol. The van der Waals surface area contributed by atoms with Crippen LogP contribution in [0.2, 0.25) is 0 Å². The molecule has 5 nitrogen and oxygen atoms in total. The number of hydrogen-bond donors (Lipinski definition) is 1. The second kappa shape index (κ2) is 5.01. The number of anilines is 1. The Bertz CT molecular complexity index is 773. The fraction of sp³-hybridized carbons (Fsp3) is 0.375. The SMILES string of the molecule is C[N+]1(C2CCOCC2)C(=O)Nc2c1cnc1ccc(Br)cc21. The molecule has 1 aromatic heterocycles. The number of benzene rings is 1. The number of nitrogens with zero attached hydrogens (tertiary/aromatic N) is 2. The molecule has 114 valence electrons. The second-order valence-electron chi connectivity index (χ2n) is 6.03. The highest BCUT2D eigenvalue weighted by molar-refractivity contribution is 9.10. The summed E-state index contributed by atoms with van der Waals surface area (Å²) in [5.74, 6) is 0. The molecule has 3 heterocycles. The van der Waals surface area contributed by atoms with Crippen LogP contribution in [0.4, 0.5) is 16.2 Å². The van der Waals surface area contributed by atoms with Crippen LogP contribution in [0, 0.1) is 0 Å². The van der Waals surface area contributed by atoms with Crippen LogP contribution in [-0.2, 0) is 4.74 Å². The number of rotatable bonds is 1. The molecule has 1 unspecified atom stereocenters. The summed E-state index contributed by atoms with van der Waals surface area (Å²) in [4.78, 5) is 17.3. The average Bonchev–Trinajstić information content (AvgIpc) is 2.81. The molecule has 1 aromatic carbocycles. The Hall–Kier alpha value is -1.50. The van der Waals surface area contributed by atoms with Gasteiger partial charge in [-0.3, -0.25) is 5.32 Å². The van der Waals surface area contributed by atoms with Crippen molar-refractivity contribution in [2.75, 3.05) is 25.6 Å². The summed E-state index contributed by atoms with van der Waals surface area (Å²) < 4.78 is 6.70. The highest BCUT2D eigenvalue weighted by Gasteiger charge is 2.50. The van der Waals surface area contributed by atoms with E-state index >= 15 is 0 Å². The van der Waals surface area contributed by atoms with E-state index in [-0.39, 0.29) is 16.6 Å². The minimum Gasteiger partial charge on any atom is -0.381 e. The van der Waals surface area contributed by atoms with Gasteiger partial charge in [-0.05, 0) is 18.2 Å². The Morgan fingerprint density at radius 2 is 2.14 bits per heavy atom. The first kappa shape index (κ1) is 14.1. The van der Waals surface area contributed by atoms with Gasteiger partial charge in [-0.15, -0.1) is 0 Å². The number of nitrogens with one attached hydrogen (secondary N) is 1. The maximum atomic E-state index is 12.8. The number of fused-ring (bicyclic) bond motifs is 3. The van der Waals surface area contributed by atoms with Gasteiger partial charge in [-0.25, -0.2) is 14.3 Å². The fourth-order valence-corrected chi connectivity index (χ4v) is 3.90. The number of urea groups is 1. The van der Waals surface area contributed by atoms with Gasteiger partial charge in [-0.2, -0.15) is 0 Å². The van der Waals surface area contributed by atoms with Crippen molar-refractivity contribution in [3.8, 4) is 0 Å². The minimum absolute atomic E-state index is 0.0242. The summed E-state index contributed by atoms with van der Waals surface area (Å²) in [5, 5.41) is 4.07. The van der Waals surface area contributed by atoms with E-state index in [1.165, 1.54) is 0 Å². The molecule has 1 fully saturated rings. The van der Waals surface area contributed by atoms with E-state index in [2.05, 4.69) is 26.2 Å². The molecule has 2 aliphatic heterocycles. The van der Waals surface area contributed by atoms with Gasteiger partial charge in [0.15, 0.2) is 5.69 Å². The van der Waals surface area contributed by atoms with Gasteiger partial charge in [0.05, 0.1) is 32.0 Å². The summed E-state index contributed by atoms with van der Waals surface area (Å²) in [6, 6.07) is 6.20.